The van der Waals surface area contributed by atoms with E-state index in [1.54, 1.807) is 35.3 Å². The van der Waals surface area contributed by atoms with Gasteiger partial charge in [0, 0.05) is 38.0 Å². The standard InChI is InChI=1S/C18H18N4O3S/c1-22-12-15(11-20-22)17-4-2-13(9-19-17)10-21-26(23,24)16-3-5-18-14(8-16)6-7-25-18/h2-5,8-9,11-12,21H,6-7,10H2,1H3. The number of nitrogens with one attached hydrogen (secondary N) is 1. The number of hydrogen-bond acceptors (Lipinski definition) is 5. The summed E-state index contributed by atoms with van der Waals surface area (Å²) in [5.74, 6) is 0.763. The van der Waals surface area contributed by atoms with Gasteiger partial charge in [0.25, 0.3) is 0 Å². The van der Waals surface area contributed by atoms with E-state index < -0.39 is 10.0 Å². The second kappa shape index (κ2) is 6.54. The number of aryl methyl sites for hydroxylation is 1. The number of hydrogen-bond donors (Lipinski definition) is 1. The van der Waals surface area contributed by atoms with Crippen molar-refractivity contribution >= 4 is 10.0 Å². The van der Waals surface area contributed by atoms with Crippen molar-refractivity contribution in [1.29, 1.82) is 0 Å². The highest BCUT2D eigenvalue weighted by Crippen LogP contribution is 2.27. The first-order valence-corrected chi connectivity index (χ1v) is 9.69. The Morgan fingerprint density at radius 3 is 2.85 bits per heavy atom. The van der Waals surface area contributed by atoms with Crippen molar-refractivity contribution in [3.05, 3.63) is 60.0 Å². The van der Waals surface area contributed by atoms with Gasteiger partial charge in [0.05, 0.1) is 23.4 Å². The van der Waals surface area contributed by atoms with Crippen LogP contribution in [0.2, 0.25) is 0 Å². The molecule has 8 heteroatoms. The van der Waals surface area contributed by atoms with Crippen molar-refractivity contribution < 1.29 is 13.2 Å². The number of benzene rings is 1. The molecule has 4 rings (SSSR count). The third-order valence-corrected chi connectivity index (χ3v) is 5.66. The zero-order valence-corrected chi connectivity index (χ0v) is 15.0. The predicted octanol–water partition coefficient (Wildman–Crippen LogP) is 1.90. The lowest BCUT2D eigenvalue weighted by molar-refractivity contribution is 0.356. The fourth-order valence-corrected chi connectivity index (χ4v) is 3.91. The molecule has 0 radical (unpaired) electrons. The molecule has 0 amide bonds. The van der Waals surface area contributed by atoms with Crippen LogP contribution in [-0.2, 0) is 30.0 Å². The Hall–Kier alpha value is -2.71. The van der Waals surface area contributed by atoms with E-state index in [1.807, 2.05) is 25.4 Å². The minimum Gasteiger partial charge on any atom is -0.493 e. The van der Waals surface area contributed by atoms with Crippen LogP contribution in [0.25, 0.3) is 11.3 Å². The maximum atomic E-state index is 12.5. The van der Waals surface area contributed by atoms with Crippen molar-refractivity contribution in [3.63, 3.8) is 0 Å². The molecule has 1 N–H and O–H groups in total. The zero-order chi connectivity index (χ0) is 18.1. The molecule has 0 saturated carbocycles. The maximum absolute atomic E-state index is 12.5. The summed E-state index contributed by atoms with van der Waals surface area (Å²) < 4.78 is 34.8. The minimum atomic E-state index is -3.59. The van der Waals surface area contributed by atoms with E-state index in [-0.39, 0.29) is 11.4 Å². The quantitative estimate of drug-likeness (QED) is 0.741. The molecular weight excluding hydrogens is 352 g/mol. The molecule has 0 spiro atoms. The van der Waals surface area contributed by atoms with Gasteiger partial charge in [-0.2, -0.15) is 5.10 Å². The summed E-state index contributed by atoms with van der Waals surface area (Å²) in [7, 11) is -1.74. The monoisotopic (exact) mass is 370 g/mol. The van der Waals surface area contributed by atoms with E-state index in [9.17, 15) is 8.42 Å². The van der Waals surface area contributed by atoms with Crippen molar-refractivity contribution in [3.8, 4) is 17.0 Å². The number of nitrogens with zero attached hydrogens (tertiary/aromatic N) is 3. The minimum absolute atomic E-state index is 0.177. The van der Waals surface area contributed by atoms with Crippen LogP contribution in [0, 0.1) is 0 Å². The van der Waals surface area contributed by atoms with Crippen molar-refractivity contribution in [2.75, 3.05) is 6.61 Å². The molecule has 1 aliphatic heterocycles. The van der Waals surface area contributed by atoms with Gasteiger partial charge in [0.2, 0.25) is 10.0 Å². The van der Waals surface area contributed by atoms with Crippen LogP contribution in [0.3, 0.4) is 0 Å². The molecule has 3 heterocycles. The summed E-state index contributed by atoms with van der Waals surface area (Å²) in [6, 6.07) is 8.66. The smallest absolute Gasteiger partial charge is 0.240 e. The summed E-state index contributed by atoms with van der Waals surface area (Å²) >= 11 is 0. The predicted molar refractivity (Wildman–Crippen MR) is 96.1 cm³/mol. The molecule has 0 saturated heterocycles. The van der Waals surface area contributed by atoms with Gasteiger partial charge in [-0.3, -0.25) is 9.67 Å². The molecule has 0 atom stereocenters. The van der Waals surface area contributed by atoms with Gasteiger partial charge in [-0.05, 0) is 35.4 Å². The number of sulfonamides is 1. The van der Waals surface area contributed by atoms with E-state index in [0.717, 1.165) is 34.6 Å². The molecule has 0 fully saturated rings. The molecule has 0 unspecified atom stereocenters. The van der Waals surface area contributed by atoms with Gasteiger partial charge in [0.15, 0.2) is 0 Å². The van der Waals surface area contributed by atoms with Gasteiger partial charge in [-0.1, -0.05) is 6.07 Å². The number of fused-ring (bicyclic) bond motifs is 1. The number of rotatable bonds is 5. The SMILES string of the molecule is Cn1cc(-c2ccc(CNS(=O)(=O)c3ccc4c(c3)CCO4)cn2)cn1. The summed E-state index contributed by atoms with van der Waals surface area (Å²) in [5.41, 5.74) is 3.42. The fraction of sp³-hybridized carbons (Fsp3) is 0.222. The first kappa shape index (κ1) is 16.7. The highest BCUT2D eigenvalue weighted by Gasteiger charge is 2.19. The summed E-state index contributed by atoms with van der Waals surface area (Å²) in [4.78, 5) is 4.63. The Kier molecular flexibility index (Phi) is 4.21. The molecule has 0 bridgehead atoms. The van der Waals surface area contributed by atoms with E-state index in [4.69, 9.17) is 4.74 Å². The van der Waals surface area contributed by atoms with Crippen LogP contribution in [-0.4, -0.2) is 29.8 Å². The molecule has 0 aliphatic carbocycles. The topological polar surface area (TPSA) is 86.1 Å². The third-order valence-electron chi connectivity index (χ3n) is 4.26. The summed E-state index contributed by atoms with van der Waals surface area (Å²) in [5, 5.41) is 4.12. The number of pyridine rings is 1. The second-order valence-electron chi connectivity index (χ2n) is 6.15. The van der Waals surface area contributed by atoms with E-state index >= 15 is 0 Å². The third kappa shape index (κ3) is 3.33. The van der Waals surface area contributed by atoms with Gasteiger partial charge in [-0.15, -0.1) is 0 Å². The van der Waals surface area contributed by atoms with E-state index in [1.165, 1.54) is 0 Å². The Morgan fingerprint density at radius 1 is 1.23 bits per heavy atom. The molecular formula is C18H18N4O3S. The van der Waals surface area contributed by atoms with Gasteiger partial charge < -0.3 is 4.74 Å². The van der Waals surface area contributed by atoms with Gasteiger partial charge >= 0.3 is 0 Å². The molecule has 3 aromatic rings. The fourth-order valence-electron chi connectivity index (χ4n) is 2.85. The molecule has 1 aromatic carbocycles. The van der Waals surface area contributed by atoms with E-state index in [2.05, 4.69) is 14.8 Å². The first-order chi connectivity index (χ1) is 12.5. The van der Waals surface area contributed by atoms with Gasteiger partial charge in [0.1, 0.15) is 5.75 Å². The van der Waals surface area contributed by atoms with Crippen LogP contribution < -0.4 is 9.46 Å². The average Bonchev–Trinajstić information content (AvgIpc) is 3.28. The second-order valence-corrected chi connectivity index (χ2v) is 7.91. The van der Waals surface area contributed by atoms with Crippen LogP contribution in [0.15, 0.2) is 53.8 Å². The Bertz CT molecular complexity index is 1040. The number of aromatic nitrogens is 3. The van der Waals surface area contributed by atoms with Crippen molar-refractivity contribution in [2.24, 2.45) is 7.05 Å². The molecule has 1 aliphatic rings. The van der Waals surface area contributed by atoms with Crippen LogP contribution in [0.5, 0.6) is 5.75 Å². The Labute approximate surface area is 151 Å². The van der Waals surface area contributed by atoms with Crippen molar-refractivity contribution in [1.82, 2.24) is 19.5 Å². The largest absolute Gasteiger partial charge is 0.493 e. The first-order valence-electron chi connectivity index (χ1n) is 8.21. The lowest BCUT2D eigenvalue weighted by Crippen LogP contribution is -2.23. The zero-order valence-electron chi connectivity index (χ0n) is 14.2. The molecule has 134 valence electrons. The van der Waals surface area contributed by atoms with Crippen molar-refractivity contribution in [2.45, 2.75) is 17.9 Å². The maximum Gasteiger partial charge on any atom is 0.240 e. The Morgan fingerprint density at radius 2 is 2.12 bits per heavy atom. The number of ether oxygens (including phenoxy) is 1. The lowest BCUT2D eigenvalue weighted by Gasteiger charge is -2.08. The summed E-state index contributed by atoms with van der Waals surface area (Å²) in [6.45, 7) is 0.775. The van der Waals surface area contributed by atoms with Crippen LogP contribution in [0.4, 0.5) is 0 Å². The summed E-state index contributed by atoms with van der Waals surface area (Å²) in [6.07, 6.45) is 6.02. The van der Waals surface area contributed by atoms with E-state index in [0.29, 0.717) is 6.61 Å². The molecule has 26 heavy (non-hydrogen) atoms. The lowest BCUT2D eigenvalue weighted by atomic mass is 10.2. The molecule has 7 nitrogen and oxygen atoms in total. The molecule has 2 aromatic heterocycles. The van der Waals surface area contributed by atoms with Gasteiger partial charge in [-0.25, -0.2) is 13.1 Å². The van der Waals surface area contributed by atoms with Crippen LogP contribution >= 0.6 is 0 Å². The highest BCUT2D eigenvalue weighted by atomic mass is 32.2. The van der Waals surface area contributed by atoms with Crippen LogP contribution in [0.1, 0.15) is 11.1 Å². The normalized spacial score (nSPS) is 13.4. The Balaban J connectivity index is 1.46. The average molecular weight is 370 g/mol. The highest BCUT2D eigenvalue weighted by molar-refractivity contribution is 7.89.